The molecule has 0 saturated heterocycles. The monoisotopic (exact) mass is 280 g/mol. The van der Waals surface area contributed by atoms with E-state index < -0.39 is 5.97 Å². The highest BCUT2D eigenvalue weighted by Crippen LogP contribution is 2.35. The maximum Gasteiger partial charge on any atom is 0.338 e. The van der Waals surface area contributed by atoms with E-state index in [1.165, 1.54) is 5.56 Å². The lowest BCUT2D eigenvalue weighted by Gasteiger charge is -2.15. The number of benzene rings is 2. The van der Waals surface area contributed by atoms with Gasteiger partial charge in [0, 0.05) is 11.1 Å². The van der Waals surface area contributed by atoms with Gasteiger partial charge in [-0.05, 0) is 30.0 Å². The van der Waals surface area contributed by atoms with E-state index in [-0.39, 0.29) is 0 Å². The third-order valence-corrected chi connectivity index (χ3v) is 3.31. The number of hydrogen-bond donors (Lipinski definition) is 0. The highest BCUT2D eigenvalue weighted by atomic mass is 16.5. The number of esters is 1. The quantitative estimate of drug-likeness (QED) is 0.449. The predicted molar refractivity (Wildman–Crippen MR) is 86.4 cm³/mol. The lowest BCUT2D eigenvalue weighted by atomic mass is 9.92. The zero-order valence-electron chi connectivity index (χ0n) is 12.7. The standard InChI is InChI=1S/C19H20O2/c1-13(2)15-9-5-6-10-16(15)17-11-7-8-12-18(17)21-19(20)14(3)4/h5-13H,3H2,1-2,4H3. The molecule has 0 saturated carbocycles. The molecule has 0 N–H and O–H groups in total. The van der Waals surface area contributed by atoms with Gasteiger partial charge in [0.2, 0.25) is 0 Å². The van der Waals surface area contributed by atoms with Crippen LogP contribution in [0.4, 0.5) is 0 Å². The molecule has 0 aliphatic heterocycles. The summed E-state index contributed by atoms with van der Waals surface area (Å²) in [6.07, 6.45) is 0. The molecule has 2 nitrogen and oxygen atoms in total. The molecule has 0 heterocycles. The molecule has 2 aromatic rings. The summed E-state index contributed by atoms with van der Waals surface area (Å²) in [5, 5.41) is 0. The first kappa shape index (κ1) is 15.0. The lowest BCUT2D eigenvalue weighted by Crippen LogP contribution is -2.09. The minimum Gasteiger partial charge on any atom is -0.423 e. The van der Waals surface area contributed by atoms with Crippen molar-refractivity contribution < 1.29 is 9.53 Å². The summed E-state index contributed by atoms with van der Waals surface area (Å²) in [5.41, 5.74) is 3.65. The first-order valence-corrected chi connectivity index (χ1v) is 7.06. The van der Waals surface area contributed by atoms with Crippen LogP contribution in [0.1, 0.15) is 32.3 Å². The van der Waals surface area contributed by atoms with Gasteiger partial charge >= 0.3 is 5.97 Å². The van der Waals surface area contributed by atoms with Crippen LogP contribution in [0.2, 0.25) is 0 Å². The van der Waals surface area contributed by atoms with Crippen molar-refractivity contribution >= 4 is 5.97 Å². The van der Waals surface area contributed by atoms with Crippen molar-refractivity contribution in [2.45, 2.75) is 26.7 Å². The van der Waals surface area contributed by atoms with Gasteiger partial charge in [-0.3, -0.25) is 0 Å². The molecule has 0 spiro atoms. The van der Waals surface area contributed by atoms with Gasteiger partial charge in [0.15, 0.2) is 0 Å². The Labute approximate surface area is 126 Å². The van der Waals surface area contributed by atoms with Gasteiger partial charge in [-0.15, -0.1) is 0 Å². The molecular formula is C19H20O2. The molecule has 0 unspecified atom stereocenters. The fourth-order valence-corrected chi connectivity index (χ4v) is 2.21. The van der Waals surface area contributed by atoms with E-state index >= 15 is 0 Å². The van der Waals surface area contributed by atoms with Crippen molar-refractivity contribution in [3.8, 4) is 16.9 Å². The second kappa shape index (κ2) is 6.40. The zero-order chi connectivity index (χ0) is 15.4. The minimum absolute atomic E-state index is 0.391. The molecule has 21 heavy (non-hydrogen) atoms. The van der Waals surface area contributed by atoms with Crippen molar-refractivity contribution in [3.05, 3.63) is 66.2 Å². The van der Waals surface area contributed by atoms with E-state index in [9.17, 15) is 4.79 Å². The third kappa shape index (κ3) is 3.40. The summed E-state index contributed by atoms with van der Waals surface area (Å²) < 4.78 is 5.46. The number of hydrogen-bond acceptors (Lipinski definition) is 2. The predicted octanol–water partition coefficient (Wildman–Crippen LogP) is 4.96. The van der Waals surface area contributed by atoms with Gasteiger partial charge in [-0.2, -0.15) is 0 Å². The molecule has 2 heteroatoms. The minimum atomic E-state index is -0.399. The number of para-hydroxylation sites is 1. The van der Waals surface area contributed by atoms with Crippen molar-refractivity contribution in [2.75, 3.05) is 0 Å². The van der Waals surface area contributed by atoms with E-state index in [4.69, 9.17) is 4.74 Å². The van der Waals surface area contributed by atoms with Gasteiger partial charge in [0.1, 0.15) is 5.75 Å². The maximum absolute atomic E-state index is 11.8. The van der Waals surface area contributed by atoms with Crippen LogP contribution in [-0.2, 0) is 4.79 Å². The van der Waals surface area contributed by atoms with Crippen LogP contribution in [0.3, 0.4) is 0 Å². The largest absolute Gasteiger partial charge is 0.423 e. The van der Waals surface area contributed by atoms with Gasteiger partial charge < -0.3 is 4.74 Å². The molecule has 0 bridgehead atoms. The van der Waals surface area contributed by atoms with Crippen LogP contribution in [0.5, 0.6) is 5.75 Å². The van der Waals surface area contributed by atoms with Gasteiger partial charge in [-0.1, -0.05) is 62.9 Å². The Hall–Kier alpha value is -2.35. The summed E-state index contributed by atoms with van der Waals surface area (Å²) in [6.45, 7) is 9.58. The summed E-state index contributed by atoms with van der Waals surface area (Å²) in [5.74, 6) is 0.564. The number of rotatable bonds is 4. The average molecular weight is 280 g/mol. The SMILES string of the molecule is C=C(C)C(=O)Oc1ccccc1-c1ccccc1C(C)C. The van der Waals surface area contributed by atoms with E-state index in [1.54, 1.807) is 6.92 Å². The zero-order valence-corrected chi connectivity index (χ0v) is 12.7. The van der Waals surface area contributed by atoms with Gasteiger partial charge in [-0.25, -0.2) is 4.79 Å². The van der Waals surface area contributed by atoms with Crippen LogP contribution < -0.4 is 4.74 Å². The molecule has 0 aromatic heterocycles. The van der Waals surface area contributed by atoms with E-state index in [0.717, 1.165) is 11.1 Å². The van der Waals surface area contributed by atoms with Crippen molar-refractivity contribution in [2.24, 2.45) is 0 Å². The Balaban J connectivity index is 2.50. The summed E-state index contributed by atoms with van der Waals surface area (Å²) in [6, 6.07) is 15.8. The second-order valence-electron chi connectivity index (χ2n) is 5.41. The Morgan fingerprint density at radius 2 is 1.57 bits per heavy atom. The van der Waals surface area contributed by atoms with Crippen LogP contribution in [0.25, 0.3) is 11.1 Å². The number of carbonyl (C=O) groups is 1. The van der Waals surface area contributed by atoms with Crippen LogP contribution in [-0.4, -0.2) is 5.97 Å². The molecular weight excluding hydrogens is 260 g/mol. The second-order valence-corrected chi connectivity index (χ2v) is 5.41. The number of carbonyl (C=O) groups excluding carboxylic acids is 1. The first-order chi connectivity index (χ1) is 10.0. The molecule has 0 radical (unpaired) electrons. The van der Waals surface area contributed by atoms with Gasteiger partial charge in [0.25, 0.3) is 0 Å². The third-order valence-electron chi connectivity index (χ3n) is 3.31. The molecule has 2 rings (SSSR count). The first-order valence-electron chi connectivity index (χ1n) is 7.06. The normalized spacial score (nSPS) is 10.5. The molecule has 108 valence electrons. The molecule has 0 fully saturated rings. The lowest BCUT2D eigenvalue weighted by molar-refractivity contribution is -0.130. The summed E-state index contributed by atoms with van der Waals surface area (Å²) in [4.78, 5) is 11.8. The maximum atomic E-state index is 11.8. The molecule has 0 aliphatic carbocycles. The van der Waals surface area contributed by atoms with E-state index in [2.05, 4.69) is 32.6 Å². The Kier molecular flexibility index (Phi) is 4.59. The molecule has 0 amide bonds. The Morgan fingerprint density at radius 1 is 1.00 bits per heavy atom. The van der Waals surface area contributed by atoms with E-state index in [1.807, 2.05) is 36.4 Å². The summed E-state index contributed by atoms with van der Waals surface area (Å²) >= 11 is 0. The Bertz CT molecular complexity index is 669. The smallest absolute Gasteiger partial charge is 0.338 e. The fourth-order valence-electron chi connectivity index (χ4n) is 2.21. The average Bonchev–Trinajstić information content (AvgIpc) is 2.47. The topological polar surface area (TPSA) is 26.3 Å². The molecule has 2 aromatic carbocycles. The fraction of sp³-hybridized carbons (Fsp3) is 0.211. The van der Waals surface area contributed by atoms with E-state index in [0.29, 0.717) is 17.2 Å². The van der Waals surface area contributed by atoms with Crippen LogP contribution >= 0.6 is 0 Å². The van der Waals surface area contributed by atoms with Crippen molar-refractivity contribution in [1.29, 1.82) is 0 Å². The Morgan fingerprint density at radius 3 is 2.19 bits per heavy atom. The van der Waals surface area contributed by atoms with Crippen LogP contribution in [0, 0.1) is 0 Å². The number of ether oxygens (including phenoxy) is 1. The van der Waals surface area contributed by atoms with Crippen molar-refractivity contribution in [1.82, 2.24) is 0 Å². The molecule has 0 aliphatic rings. The van der Waals surface area contributed by atoms with Gasteiger partial charge in [0.05, 0.1) is 0 Å². The van der Waals surface area contributed by atoms with Crippen LogP contribution in [0.15, 0.2) is 60.7 Å². The highest BCUT2D eigenvalue weighted by molar-refractivity contribution is 5.90. The summed E-state index contributed by atoms with van der Waals surface area (Å²) in [7, 11) is 0. The van der Waals surface area contributed by atoms with Crippen molar-refractivity contribution in [3.63, 3.8) is 0 Å². The highest BCUT2D eigenvalue weighted by Gasteiger charge is 2.14. The molecule has 0 atom stereocenters.